The Hall–Kier alpha value is -1.58. The molecular weight excluding hydrogens is 226 g/mol. The third-order valence-electron chi connectivity index (χ3n) is 2.99. The van der Waals surface area contributed by atoms with Gasteiger partial charge in [0, 0.05) is 12.6 Å². The van der Waals surface area contributed by atoms with Gasteiger partial charge in [0.15, 0.2) is 0 Å². The SMILES string of the molecule is CCNc1cccc(C(=O)NC(C)C(C)(C)C)n1. The quantitative estimate of drug-likeness (QED) is 0.862. The fourth-order valence-electron chi connectivity index (χ4n) is 1.33. The third-order valence-corrected chi connectivity index (χ3v) is 2.99. The van der Waals surface area contributed by atoms with Crippen LogP contribution in [0.2, 0.25) is 0 Å². The van der Waals surface area contributed by atoms with E-state index in [0.717, 1.165) is 12.4 Å². The van der Waals surface area contributed by atoms with Crippen molar-refractivity contribution in [1.82, 2.24) is 10.3 Å². The molecule has 0 aromatic carbocycles. The zero-order chi connectivity index (χ0) is 13.8. The van der Waals surface area contributed by atoms with Gasteiger partial charge in [0.2, 0.25) is 0 Å². The summed E-state index contributed by atoms with van der Waals surface area (Å²) >= 11 is 0. The Morgan fingerprint density at radius 3 is 2.61 bits per heavy atom. The summed E-state index contributed by atoms with van der Waals surface area (Å²) in [7, 11) is 0. The smallest absolute Gasteiger partial charge is 0.270 e. The Balaban J connectivity index is 2.75. The molecule has 0 aliphatic heterocycles. The number of pyridine rings is 1. The van der Waals surface area contributed by atoms with Crippen molar-refractivity contribution in [1.29, 1.82) is 0 Å². The summed E-state index contributed by atoms with van der Waals surface area (Å²) in [5.41, 5.74) is 0.485. The Labute approximate surface area is 109 Å². The maximum atomic E-state index is 12.1. The lowest BCUT2D eigenvalue weighted by Gasteiger charge is -2.27. The molecule has 0 radical (unpaired) electrons. The predicted octanol–water partition coefficient (Wildman–Crippen LogP) is 2.68. The van der Waals surface area contributed by atoms with Crippen molar-refractivity contribution in [3.8, 4) is 0 Å². The van der Waals surface area contributed by atoms with Gasteiger partial charge in [-0.25, -0.2) is 4.98 Å². The van der Waals surface area contributed by atoms with Crippen LogP contribution in [0.15, 0.2) is 18.2 Å². The molecule has 0 spiro atoms. The molecule has 1 heterocycles. The lowest BCUT2D eigenvalue weighted by molar-refractivity contribution is 0.0905. The molecule has 0 bridgehead atoms. The first-order chi connectivity index (χ1) is 8.34. The first-order valence-corrected chi connectivity index (χ1v) is 6.36. The molecule has 4 nitrogen and oxygen atoms in total. The average molecular weight is 249 g/mol. The maximum Gasteiger partial charge on any atom is 0.270 e. The molecule has 0 aliphatic carbocycles. The number of nitrogens with zero attached hydrogens (tertiary/aromatic N) is 1. The molecule has 1 amide bonds. The molecular formula is C14H23N3O. The number of carbonyl (C=O) groups excluding carboxylic acids is 1. The molecule has 2 N–H and O–H groups in total. The molecule has 0 saturated carbocycles. The van der Waals surface area contributed by atoms with Gasteiger partial charge in [-0.15, -0.1) is 0 Å². The lowest BCUT2D eigenvalue weighted by Crippen LogP contribution is -2.41. The second kappa shape index (κ2) is 5.85. The van der Waals surface area contributed by atoms with Gasteiger partial charge in [-0.05, 0) is 31.4 Å². The number of hydrogen-bond donors (Lipinski definition) is 2. The lowest BCUT2D eigenvalue weighted by atomic mass is 9.88. The van der Waals surface area contributed by atoms with E-state index in [1.54, 1.807) is 6.07 Å². The zero-order valence-electron chi connectivity index (χ0n) is 11.9. The summed E-state index contributed by atoms with van der Waals surface area (Å²) in [6, 6.07) is 5.51. The van der Waals surface area contributed by atoms with Crippen molar-refractivity contribution in [3.63, 3.8) is 0 Å². The van der Waals surface area contributed by atoms with Crippen LogP contribution in [-0.4, -0.2) is 23.5 Å². The van der Waals surface area contributed by atoms with E-state index in [9.17, 15) is 4.79 Å². The van der Waals surface area contributed by atoms with E-state index >= 15 is 0 Å². The summed E-state index contributed by atoms with van der Waals surface area (Å²) in [6.45, 7) is 11.1. The minimum Gasteiger partial charge on any atom is -0.370 e. The van der Waals surface area contributed by atoms with Crippen LogP contribution in [0.1, 0.15) is 45.1 Å². The van der Waals surface area contributed by atoms with Crippen LogP contribution in [-0.2, 0) is 0 Å². The van der Waals surface area contributed by atoms with Gasteiger partial charge in [-0.3, -0.25) is 4.79 Å². The van der Waals surface area contributed by atoms with Crippen LogP contribution in [0.3, 0.4) is 0 Å². The first kappa shape index (κ1) is 14.5. The number of amides is 1. The van der Waals surface area contributed by atoms with E-state index in [4.69, 9.17) is 0 Å². The van der Waals surface area contributed by atoms with Crippen LogP contribution < -0.4 is 10.6 Å². The summed E-state index contributed by atoms with van der Waals surface area (Å²) < 4.78 is 0. The van der Waals surface area contributed by atoms with Crippen molar-refractivity contribution in [2.24, 2.45) is 5.41 Å². The Morgan fingerprint density at radius 1 is 1.39 bits per heavy atom. The molecule has 0 fully saturated rings. The second-order valence-electron chi connectivity index (χ2n) is 5.50. The van der Waals surface area contributed by atoms with E-state index < -0.39 is 0 Å². The van der Waals surface area contributed by atoms with Gasteiger partial charge in [0.05, 0.1) is 0 Å². The molecule has 1 rings (SSSR count). The minimum atomic E-state index is -0.128. The standard InChI is InChI=1S/C14H23N3O/c1-6-15-12-9-7-8-11(17-12)13(18)16-10(2)14(3,4)5/h7-10H,6H2,1-5H3,(H,15,17)(H,16,18). The van der Waals surface area contributed by atoms with Crippen molar-refractivity contribution < 1.29 is 4.79 Å². The average Bonchev–Trinajstić information content (AvgIpc) is 2.28. The van der Waals surface area contributed by atoms with E-state index in [1.165, 1.54) is 0 Å². The predicted molar refractivity (Wildman–Crippen MR) is 74.8 cm³/mol. The van der Waals surface area contributed by atoms with Crippen molar-refractivity contribution in [2.45, 2.75) is 40.7 Å². The molecule has 0 aliphatic rings. The van der Waals surface area contributed by atoms with Gasteiger partial charge in [-0.2, -0.15) is 0 Å². The molecule has 0 saturated heterocycles. The van der Waals surface area contributed by atoms with Crippen LogP contribution in [0, 0.1) is 5.41 Å². The largest absolute Gasteiger partial charge is 0.370 e. The van der Waals surface area contributed by atoms with Crippen molar-refractivity contribution in [3.05, 3.63) is 23.9 Å². The normalized spacial score (nSPS) is 12.9. The number of hydrogen-bond acceptors (Lipinski definition) is 3. The van der Waals surface area contributed by atoms with Crippen LogP contribution in [0.25, 0.3) is 0 Å². The maximum absolute atomic E-state index is 12.1. The van der Waals surface area contributed by atoms with Gasteiger partial charge in [-0.1, -0.05) is 26.8 Å². The fourth-order valence-corrected chi connectivity index (χ4v) is 1.33. The summed E-state index contributed by atoms with van der Waals surface area (Å²) in [4.78, 5) is 16.3. The second-order valence-corrected chi connectivity index (χ2v) is 5.50. The van der Waals surface area contributed by atoms with Gasteiger partial charge < -0.3 is 10.6 Å². The van der Waals surface area contributed by atoms with Crippen LogP contribution >= 0.6 is 0 Å². The zero-order valence-corrected chi connectivity index (χ0v) is 11.9. The van der Waals surface area contributed by atoms with E-state index in [1.807, 2.05) is 26.0 Å². The highest BCUT2D eigenvalue weighted by Crippen LogP contribution is 2.18. The summed E-state index contributed by atoms with van der Waals surface area (Å²) in [5, 5.41) is 6.07. The molecule has 1 aromatic rings. The number of anilines is 1. The Kier molecular flexibility index (Phi) is 4.70. The van der Waals surface area contributed by atoms with Crippen LogP contribution in [0.4, 0.5) is 5.82 Å². The first-order valence-electron chi connectivity index (χ1n) is 6.36. The van der Waals surface area contributed by atoms with Crippen LogP contribution in [0.5, 0.6) is 0 Å². The molecule has 1 atom stereocenters. The van der Waals surface area contributed by atoms with E-state index in [0.29, 0.717) is 5.69 Å². The molecule has 18 heavy (non-hydrogen) atoms. The minimum absolute atomic E-state index is 0.0366. The highest BCUT2D eigenvalue weighted by atomic mass is 16.1. The van der Waals surface area contributed by atoms with Crippen molar-refractivity contribution in [2.75, 3.05) is 11.9 Å². The van der Waals surface area contributed by atoms with E-state index in [-0.39, 0.29) is 17.4 Å². The Morgan fingerprint density at radius 2 is 2.06 bits per heavy atom. The Bertz CT molecular complexity index is 410. The summed E-state index contributed by atoms with van der Waals surface area (Å²) in [6.07, 6.45) is 0. The highest BCUT2D eigenvalue weighted by molar-refractivity contribution is 5.92. The molecule has 1 aromatic heterocycles. The van der Waals surface area contributed by atoms with Gasteiger partial charge in [0.25, 0.3) is 5.91 Å². The molecule has 100 valence electrons. The fraction of sp³-hybridized carbons (Fsp3) is 0.571. The monoisotopic (exact) mass is 249 g/mol. The van der Waals surface area contributed by atoms with Gasteiger partial charge in [0.1, 0.15) is 11.5 Å². The highest BCUT2D eigenvalue weighted by Gasteiger charge is 2.22. The number of carbonyl (C=O) groups is 1. The van der Waals surface area contributed by atoms with Gasteiger partial charge >= 0.3 is 0 Å². The number of rotatable bonds is 4. The molecule has 1 unspecified atom stereocenters. The third kappa shape index (κ3) is 4.02. The number of nitrogens with one attached hydrogen (secondary N) is 2. The van der Waals surface area contributed by atoms with Crippen molar-refractivity contribution >= 4 is 11.7 Å². The number of aromatic nitrogens is 1. The summed E-state index contributed by atoms with van der Waals surface area (Å²) in [5.74, 6) is 0.603. The molecule has 4 heteroatoms. The topological polar surface area (TPSA) is 54.0 Å². The van der Waals surface area contributed by atoms with E-state index in [2.05, 4.69) is 36.4 Å².